The molecule has 1 nitrogen and oxygen atoms in total. The van der Waals surface area contributed by atoms with E-state index in [-0.39, 0.29) is 0 Å². The quantitative estimate of drug-likeness (QED) is 0.709. The van der Waals surface area contributed by atoms with Crippen molar-refractivity contribution in [3.8, 4) is 0 Å². The number of hydrogen-bond donors (Lipinski definition) is 1. The average Bonchev–Trinajstić information content (AvgIpc) is 2.18. The lowest BCUT2D eigenvalue weighted by Crippen LogP contribution is -2.15. The van der Waals surface area contributed by atoms with Crippen LogP contribution in [-0.4, -0.2) is 6.54 Å². The topological polar surface area (TPSA) is 12.0 Å². The molecule has 1 N–H and O–H groups in total. The largest absolute Gasteiger partial charge is 0.385 e. The molecule has 0 radical (unpaired) electrons. The van der Waals surface area contributed by atoms with Gasteiger partial charge in [-0.2, -0.15) is 0 Å². The normalized spacial score (nSPS) is 20.4. The van der Waals surface area contributed by atoms with Crippen LogP contribution in [0.4, 0.5) is 5.69 Å². The van der Waals surface area contributed by atoms with Gasteiger partial charge in [-0.1, -0.05) is 32.9 Å². The highest BCUT2D eigenvalue weighted by molar-refractivity contribution is 5.56. The summed E-state index contributed by atoms with van der Waals surface area (Å²) in [5, 5.41) is 3.46. The van der Waals surface area contributed by atoms with Crippen molar-refractivity contribution in [2.45, 2.75) is 39.0 Å². The fourth-order valence-corrected chi connectivity index (χ4v) is 2.09. The van der Waals surface area contributed by atoms with Gasteiger partial charge < -0.3 is 5.32 Å². The Bertz CT molecular complexity index is 328. The Labute approximate surface area is 86.5 Å². The van der Waals surface area contributed by atoms with Crippen molar-refractivity contribution in [3.63, 3.8) is 0 Å². The highest BCUT2D eigenvalue weighted by Crippen LogP contribution is 2.33. The van der Waals surface area contributed by atoms with Gasteiger partial charge in [0.25, 0.3) is 0 Å². The number of benzene rings is 1. The Morgan fingerprint density at radius 1 is 1.36 bits per heavy atom. The van der Waals surface area contributed by atoms with E-state index < -0.39 is 0 Å². The second-order valence-corrected chi connectivity index (χ2v) is 4.62. The molecule has 76 valence electrons. The Kier molecular flexibility index (Phi) is 2.49. The third kappa shape index (κ3) is 1.63. The van der Waals surface area contributed by atoms with Crippen LogP contribution in [0.1, 0.15) is 50.2 Å². The summed E-state index contributed by atoms with van der Waals surface area (Å²) in [4.78, 5) is 0. The molecule has 0 bridgehead atoms. The Morgan fingerprint density at radius 3 is 2.86 bits per heavy atom. The molecule has 1 aromatic carbocycles. The van der Waals surface area contributed by atoms with Crippen molar-refractivity contribution < 1.29 is 0 Å². The van der Waals surface area contributed by atoms with Crippen LogP contribution in [0.3, 0.4) is 0 Å². The summed E-state index contributed by atoms with van der Waals surface area (Å²) in [5.41, 5.74) is 4.30. The molecular weight excluding hydrogens is 170 g/mol. The van der Waals surface area contributed by atoms with E-state index in [9.17, 15) is 0 Å². The summed E-state index contributed by atoms with van der Waals surface area (Å²) in [6.07, 6.45) is 1.26. The van der Waals surface area contributed by atoms with Gasteiger partial charge in [0.2, 0.25) is 0 Å². The molecule has 1 aromatic rings. The molecule has 1 heteroatoms. The number of rotatable bonds is 1. The van der Waals surface area contributed by atoms with Crippen LogP contribution in [0.5, 0.6) is 0 Å². The van der Waals surface area contributed by atoms with Gasteiger partial charge in [0.15, 0.2) is 0 Å². The third-order valence-electron chi connectivity index (χ3n) is 3.17. The maximum Gasteiger partial charge on any atom is 0.0375 e. The monoisotopic (exact) mass is 189 g/mol. The lowest BCUT2D eigenvalue weighted by Gasteiger charge is -2.25. The lowest BCUT2D eigenvalue weighted by molar-refractivity contribution is 0.680. The summed E-state index contributed by atoms with van der Waals surface area (Å²) in [6.45, 7) is 7.95. The molecular formula is C13H19N. The van der Waals surface area contributed by atoms with Crippen LogP contribution < -0.4 is 5.32 Å². The minimum Gasteiger partial charge on any atom is -0.385 e. The number of hydrogen-bond acceptors (Lipinski definition) is 1. The summed E-state index contributed by atoms with van der Waals surface area (Å²) < 4.78 is 0. The van der Waals surface area contributed by atoms with E-state index in [2.05, 4.69) is 44.3 Å². The number of nitrogens with one attached hydrogen (secondary N) is 1. The highest BCUT2D eigenvalue weighted by Gasteiger charge is 2.16. The van der Waals surface area contributed by atoms with Crippen molar-refractivity contribution in [1.82, 2.24) is 0 Å². The first kappa shape index (κ1) is 9.57. The molecule has 1 heterocycles. The molecule has 1 aliphatic heterocycles. The minimum absolute atomic E-state index is 0.634. The van der Waals surface area contributed by atoms with Gasteiger partial charge in [0.1, 0.15) is 0 Å². The van der Waals surface area contributed by atoms with Crippen molar-refractivity contribution >= 4 is 5.69 Å². The molecule has 0 amide bonds. The molecule has 1 unspecified atom stereocenters. The van der Waals surface area contributed by atoms with E-state index in [1.165, 1.54) is 23.2 Å². The third-order valence-corrected chi connectivity index (χ3v) is 3.17. The van der Waals surface area contributed by atoms with Gasteiger partial charge in [-0.05, 0) is 35.4 Å². The van der Waals surface area contributed by atoms with Crippen LogP contribution >= 0.6 is 0 Å². The zero-order valence-electron chi connectivity index (χ0n) is 9.30. The fraction of sp³-hybridized carbons (Fsp3) is 0.538. The second kappa shape index (κ2) is 3.64. The van der Waals surface area contributed by atoms with E-state index in [1.54, 1.807) is 0 Å². The molecule has 0 fully saturated rings. The summed E-state index contributed by atoms with van der Waals surface area (Å²) >= 11 is 0. The molecule has 1 atom stereocenters. The maximum atomic E-state index is 3.46. The number of fused-ring (bicyclic) bond motifs is 1. The smallest absolute Gasteiger partial charge is 0.0375 e. The zero-order valence-corrected chi connectivity index (χ0v) is 9.30. The highest BCUT2D eigenvalue weighted by atomic mass is 14.9. The van der Waals surface area contributed by atoms with Gasteiger partial charge in [-0.25, -0.2) is 0 Å². The standard InChI is InChI=1S/C13H19N/c1-9(2)11-4-5-13-12(8-11)10(3)6-7-14-13/h4-5,8-10,14H,6-7H2,1-3H3. The van der Waals surface area contributed by atoms with Crippen molar-refractivity contribution in [2.24, 2.45) is 0 Å². The Balaban J connectivity index is 2.41. The Morgan fingerprint density at radius 2 is 2.14 bits per heavy atom. The van der Waals surface area contributed by atoms with Crippen LogP contribution in [0.15, 0.2) is 18.2 Å². The average molecular weight is 189 g/mol. The first-order valence-corrected chi connectivity index (χ1v) is 5.56. The molecule has 1 aliphatic rings. The first-order valence-electron chi connectivity index (χ1n) is 5.56. The fourth-order valence-electron chi connectivity index (χ4n) is 2.09. The van der Waals surface area contributed by atoms with Crippen molar-refractivity contribution in [1.29, 1.82) is 0 Å². The predicted molar refractivity (Wildman–Crippen MR) is 62.1 cm³/mol. The predicted octanol–water partition coefficient (Wildman–Crippen LogP) is 3.73. The van der Waals surface area contributed by atoms with Crippen molar-refractivity contribution in [3.05, 3.63) is 29.3 Å². The molecule has 0 saturated heterocycles. The summed E-state index contributed by atoms with van der Waals surface area (Å²) in [7, 11) is 0. The van der Waals surface area contributed by atoms with Crippen molar-refractivity contribution in [2.75, 3.05) is 11.9 Å². The molecule has 0 saturated carbocycles. The molecule has 0 aromatic heterocycles. The summed E-state index contributed by atoms with van der Waals surface area (Å²) in [6, 6.07) is 6.85. The van der Waals surface area contributed by atoms with E-state index in [4.69, 9.17) is 0 Å². The van der Waals surface area contributed by atoms with Crippen LogP contribution in [0, 0.1) is 0 Å². The van der Waals surface area contributed by atoms with Crippen LogP contribution in [0.25, 0.3) is 0 Å². The summed E-state index contributed by atoms with van der Waals surface area (Å²) in [5.74, 6) is 1.35. The number of anilines is 1. The van der Waals surface area contributed by atoms with E-state index >= 15 is 0 Å². The van der Waals surface area contributed by atoms with E-state index in [1.807, 2.05) is 0 Å². The minimum atomic E-state index is 0.634. The van der Waals surface area contributed by atoms with Gasteiger partial charge in [-0.3, -0.25) is 0 Å². The van der Waals surface area contributed by atoms with Crippen LogP contribution in [0.2, 0.25) is 0 Å². The second-order valence-electron chi connectivity index (χ2n) is 4.62. The molecule has 0 aliphatic carbocycles. The maximum absolute atomic E-state index is 3.46. The zero-order chi connectivity index (χ0) is 10.1. The van der Waals surface area contributed by atoms with Crippen LogP contribution in [-0.2, 0) is 0 Å². The lowest BCUT2D eigenvalue weighted by atomic mass is 9.89. The molecule has 14 heavy (non-hydrogen) atoms. The Hall–Kier alpha value is -0.980. The van der Waals surface area contributed by atoms with Gasteiger partial charge >= 0.3 is 0 Å². The van der Waals surface area contributed by atoms with E-state index in [0.717, 1.165) is 6.54 Å². The molecule has 0 spiro atoms. The first-order chi connectivity index (χ1) is 6.68. The molecule has 2 rings (SSSR count). The SMILES string of the molecule is CC(C)c1ccc2c(c1)C(C)CCN2. The van der Waals surface area contributed by atoms with Gasteiger partial charge in [0.05, 0.1) is 0 Å². The van der Waals surface area contributed by atoms with Gasteiger partial charge in [-0.15, -0.1) is 0 Å². The van der Waals surface area contributed by atoms with E-state index in [0.29, 0.717) is 11.8 Å². The van der Waals surface area contributed by atoms with Gasteiger partial charge in [0, 0.05) is 12.2 Å².